The number of nitrogens with zero attached hydrogens (tertiary/aromatic N) is 1. The minimum Gasteiger partial charge on any atom is -0.444 e. The lowest BCUT2D eigenvalue weighted by Gasteiger charge is -2.33. The quantitative estimate of drug-likeness (QED) is 0.719. The predicted octanol–water partition coefficient (Wildman–Crippen LogP) is 3.00. The fourth-order valence-corrected chi connectivity index (χ4v) is 3.20. The van der Waals surface area contributed by atoms with Crippen LogP contribution in [0.25, 0.3) is 0 Å². The van der Waals surface area contributed by atoms with Crippen molar-refractivity contribution >= 4 is 6.09 Å². The first-order valence-electron chi connectivity index (χ1n) is 9.28. The van der Waals surface area contributed by atoms with Crippen molar-refractivity contribution in [1.82, 2.24) is 15.5 Å². The Bertz CT molecular complexity index is 338. The fraction of sp³-hybridized carbons (Fsp3) is 0.944. The maximum atomic E-state index is 11.8. The molecule has 0 bridgehead atoms. The number of likely N-dealkylation sites (N-methyl/N-ethyl adjacent to an activating group) is 1. The van der Waals surface area contributed by atoms with Crippen LogP contribution in [0, 0.1) is 5.92 Å². The van der Waals surface area contributed by atoms with E-state index in [2.05, 4.69) is 29.4 Å². The van der Waals surface area contributed by atoms with E-state index in [4.69, 9.17) is 4.74 Å². The molecule has 1 fully saturated rings. The first-order valence-corrected chi connectivity index (χ1v) is 9.28. The Morgan fingerprint density at radius 3 is 2.43 bits per heavy atom. The predicted molar refractivity (Wildman–Crippen MR) is 95.8 cm³/mol. The molecular formula is C18H37N3O2. The number of carbonyl (C=O) groups excluding carboxylic acids is 1. The highest BCUT2D eigenvalue weighted by Gasteiger charge is 2.26. The summed E-state index contributed by atoms with van der Waals surface area (Å²) in [4.78, 5) is 14.3. The minimum atomic E-state index is -0.432. The highest BCUT2D eigenvalue weighted by Crippen LogP contribution is 2.24. The molecule has 1 saturated carbocycles. The van der Waals surface area contributed by atoms with Gasteiger partial charge >= 0.3 is 6.09 Å². The van der Waals surface area contributed by atoms with E-state index in [1.807, 2.05) is 20.8 Å². The average molecular weight is 328 g/mol. The molecule has 0 aromatic carbocycles. The smallest absolute Gasteiger partial charge is 0.407 e. The number of hydrogen-bond donors (Lipinski definition) is 2. The lowest BCUT2D eigenvalue weighted by Crippen LogP contribution is -2.46. The van der Waals surface area contributed by atoms with Crippen LogP contribution in [-0.4, -0.2) is 55.4 Å². The molecule has 0 aliphatic heterocycles. The SMILES string of the molecule is CCN(CC)CCNC1CCCCC1CNC(=O)OC(C)(C)C. The molecule has 1 aliphatic carbocycles. The van der Waals surface area contributed by atoms with E-state index < -0.39 is 5.60 Å². The van der Waals surface area contributed by atoms with Crippen LogP contribution < -0.4 is 10.6 Å². The summed E-state index contributed by atoms with van der Waals surface area (Å²) in [6, 6.07) is 0.509. The minimum absolute atomic E-state index is 0.301. The number of carbonyl (C=O) groups is 1. The molecule has 1 aliphatic rings. The molecule has 2 N–H and O–H groups in total. The van der Waals surface area contributed by atoms with Gasteiger partial charge in [-0.3, -0.25) is 0 Å². The van der Waals surface area contributed by atoms with Crippen molar-refractivity contribution in [3.8, 4) is 0 Å². The molecule has 2 atom stereocenters. The van der Waals surface area contributed by atoms with Crippen LogP contribution in [0.3, 0.4) is 0 Å². The summed E-state index contributed by atoms with van der Waals surface area (Å²) in [5.41, 5.74) is -0.432. The second kappa shape index (κ2) is 10.1. The van der Waals surface area contributed by atoms with Gasteiger partial charge in [0.05, 0.1) is 0 Å². The third-order valence-electron chi connectivity index (χ3n) is 4.55. The van der Waals surface area contributed by atoms with Crippen molar-refractivity contribution in [1.29, 1.82) is 0 Å². The number of rotatable bonds is 8. The number of nitrogens with one attached hydrogen (secondary N) is 2. The van der Waals surface area contributed by atoms with Gasteiger partial charge in [-0.15, -0.1) is 0 Å². The Kier molecular flexibility index (Phi) is 8.92. The third-order valence-corrected chi connectivity index (χ3v) is 4.55. The van der Waals surface area contributed by atoms with Crippen LogP contribution >= 0.6 is 0 Å². The molecule has 5 nitrogen and oxygen atoms in total. The van der Waals surface area contributed by atoms with E-state index >= 15 is 0 Å². The van der Waals surface area contributed by atoms with Gasteiger partial charge in [-0.1, -0.05) is 26.7 Å². The second-order valence-corrected chi connectivity index (χ2v) is 7.51. The Labute approximate surface area is 142 Å². The van der Waals surface area contributed by atoms with Gasteiger partial charge in [0.25, 0.3) is 0 Å². The number of alkyl carbamates (subject to hydrolysis) is 1. The van der Waals surface area contributed by atoms with E-state index in [1.54, 1.807) is 0 Å². The van der Waals surface area contributed by atoms with Gasteiger partial charge < -0.3 is 20.3 Å². The monoisotopic (exact) mass is 327 g/mol. The summed E-state index contributed by atoms with van der Waals surface area (Å²) in [5, 5.41) is 6.66. The largest absolute Gasteiger partial charge is 0.444 e. The Balaban J connectivity index is 2.35. The van der Waals surface area contributed by atoms with Gasteiger partial charge in [-0.2, -0.15) is 0 Å². The maximum Gasteiger partial charge on any atom is 0.407 e. The molecule has 0 aromatic rings. The maximum absolute atomic E-state index is 11.8. The molecule has 23 heavy (non-hydrogen) atoms. The molecule has 136 valence electrons. The van der Waals surface area contributed by atoms with Crippen LogP contribution in [-0.2, 0) is 4.74 Å². The van der Waals surface area contributed by atoms with Crippen molar-refractivity contribution in [2.75, 3.05) is 32.7 Å². The number of hydrogen-bond acceptors (Lipinski definition) is 4. The zero-order valence-electron chi connectivity index (χ0n) is 15.8. The summed E-state index contributed by atoms with van der Waals surface area (Å²) in [6.07, 6.45) is 4.63. The number of ether oxygens (including phenoxy) is 1. The molecule has 0 aromatic heterocycles. The topological polar surface area (TPSA) is 53.6 Å². The number of amides is 1. The molecule has 1 rings (SSSR count). The van der Waals surface area contributed by atoms with Gasteiger partial charge in [0.15, 0.2) is 0 Å². The van der Waals surface area contributed by atoms with Gasteiger partial charge in [0.2, 0.25) is 0 Å². The molecule has 0 spiro atoms. The molecule has 2 unspecified atom stereocenters. The van der Waals surface area contributed by atoms with Gasteiger partial charge in [0, 0.05) is 25.7 Å². The van der Waals surface area contributed by atoms with Gasteiger partial charge in [-0.05, 0) is 52.6 Å². The summed E-state index contributed by atoms with van der Waals surface area (Å²) >= 11 is 0. The third kappa shape index (κ3) is 8.56. The molecule has 0 radical (unpaired) electrons. The molecule has 0 heterocycles. The van der Waals surface area contributed by atoms with E-state index in [0.717, 1.165) is 26.2 Å². The van der Waals surface area contributed by atoms with Crippen LogP contribution in [0.5, 0.6) is 0 Å². The van der Waals surface area contributed by atoms with Gasteiger partial charge in [-0.25, -0.2) is 4.79 Å². The van der Waals surface area contributed by atoms with E-state index in [9.17, 15) is 4.79 Å². The summed E-state index contributed by atoms with van der Waals surface area (Å²) < 4.78 is 5.33. The highest BCUT2D eigenvalue weighted by molar-refractivity contribution is 5.67. The van der Waals surface area contributed by atoms with Gasteiger partial charge in [0.1, 0.15) is 5.60 Å². The molecule has 0 saturated heterocycles. The van der Waals surface area contributed by atoms with Crippen molar-refractivity contribution in [2.24, 2.45) is 5.92 Å². The zero-order chi connectivity index (χ0) is 17.3. The average Bonchev–Trinajstić information content (AvgIpc) is 2.49. The molecule has 5 heteroatoms. The summed E-state index contributed by atoms with van der Waals surface area (Å²) in [6.45, 7) is 15.1. The van der Waals surface area contributed by atoms with E-state index in [1.165, 1.54) is 25.7 Å². The zero-order valence-corrected chi connectivity index (χ0v) is 15.8. The van der Waals surface area contributed by atoms with Crippen molar-refractivity contribution < 1.29 is 9.53 Å². The second-order valence-electron chi connectivity index (χ2n) is 7.51. The van der Waals surface area contributed by atoms with Crippen molar-refractivity contribution in [3.05, 3.63) is 0 Å². The molecular weight excluding hydrogens is 290 g/mol. The Hall–Kier alpha value is -0.810. The van der Waals surface area contributed by atoms with Crippen LogP contribution in [0.2, 0.25) is 0 Å². The summed E-state index contributed by atoms with van der Waals surface area (Å²) in [7, 11) is 0. The Morgan fingerprint density at radius 1 is 1.17 bits per heavy atom. The lowest BCUT2D eigenvalue weighted by atomic mass is 9.84. The fourth-order valence-electron chi connectivity index (χ4n) is 3.20. The van der Waals surface area contributed by atoms with Crippen LogP contribution in [0.4, 0.5) is 4.79 Å². The van der Waals surface area contributed by atoms with E-state index in [-0.39, 0.29) is 6.09 Å². The van der Waals surface area contributed by atoms with Crippen molar-refractivity contribution in [3.63, 3.8) is 0 Å². The first-order chi connectivity index (χ1) is 10.9. The first kappa shape index (κ1) is 20.2. The molecule has 1 amide bonds. The highest BCUT2D eigenvalue weighted by atomic mass is 16.6. The van der Waals surface area contributed by atoms with Crippen LogP contribution in [0.1, 0.15) is 60.3 Å². The van der Waals surface area contributed by atoms with Crippen molar-refractivity contribution in [2.45, 2.75) is 71.9 Å². The van der Waals surface area contributed by atoms with Crippen LogP contribution in [0.15, 0.2) is 0 Å². The lowest BCUT2D eigenvalue weighted by molar-refractivity contribution is 0.0510. The standard InChI is InChI=1S/C18H37N3O2/c1-6-21(7-2)13-12-19-16-11-9-8-10-15(16)14-20-17(22)23-18(3,4)5/h15-16,19H,6-14H2,1-5H3,(H,20,22). The van der Waals surface area contributed by atoms with E-state index in [0.29, 0.717) is 18.5 Å². The summed E-state index contributed by atoms with van der Waals surface area (Å²) in [5.74, 6) is 0.507. The normalized spacial score (nSPS) is 22.2. The Morgan fingerprint density at radius 2 is 1.83 bits per heavy atom.